The average Bonchev–Trinajstić information content (AvgIpc) is 2.55. The normalized spacial score (nSPS) is 44.6. The lowest BCUT2D eigenvalue weighted by atomic mass is 9.75. The van der Waals surface area contributed by atoms with Crippen LogP contribution >= 0.6 is 0 Å². The third-order valence-corrected chi connectivity index (χ3v) is 2.78. The summed E-state index contributed by atoms with van der Waals surface area (Å²) in [5.74, 6) is -0.223. The van der Waals surface area contributed by atoms with Gasteiger partial charge in [0.05, 0.1) is 18.2 Å². The number of hydrogen-bond acceptors (Lipinski definition) is 5. The molecule has 0 spiro atoms. The van der Waals surface area contributed by atoms with Crippen LogP contribution in [0.2, 0.25) is 0 Å². The number of aliphatic imine (C=N–C) groups is 1. The van der Waals surface area contributed by atoms with Crippen LogP contribution in [0.1, 0.15) is 13.3 Å². The molecule has 0 aromatic heterocycles. The van der Waals surface area contributed by atoms with Crippen LogP contribution in [0, 0.1) is 34.0 Å². The number of nitriles is 2. The first-order valence-corrected chi connectivity index (χ1v) is 4.45. The molecular formula is C9H10N4O. The van der Waals surface area contributed by atoms with E-state index in [9.17, 15) is 0 Å². The molecule has 14 heavy (non-hydrogen) atoms. The van der Waals surface area contributed by atoms with E-state index < -0.39 is 17.5 Å². The topological polar surface area (TPSA) is 95.2 Å². The lowest BCUT2D eigenvalue weighted by molar-refractivity contribution is 0.229. The van der Waals surface area contributed by atoms with E-state index in [-0.39, 0.29) is 6.10 Å². The van der Waals surface area contributed by atoms with Crippen molar-refractivity contribution in [2.45, 2.75) is 25.6 Å². The minimum absolute atomic E-state index is 0.0586. The van der Waals surface area contributed by atoms with Gasteiger partial charge in [-0.2, -0.15) is 10.5 Å². The van der Waals surface area contributed by atoms with Gasteiger partial charge in [-0.25, -0.2) is 4.99 Å². The molecule has 4 unspecified atom stereocenters. The molecular weight excluding hydrogens is 180 g/mol. The summed E-state index contributed by atoms with van der Waals surface area (Å²) in [6.07, 6.45) is -0.173. The number of fused-ring (bicyclic) bond motifs is 1. The molecule has 2 N–H and O–H groups in total. The van der Waals surface area contributed by atoms with Gasteiger partial charge in [-0.15, -0.1) is 0 Å². The van der Waals surface area contributed by atoms with E-state index in [1.807, 2.05) is 6.92 Å². The van der Waals surface area contributed by atoms with Gasteiger partial charge in [0.1, 0.15) is 12.1 Å². The van der Waals surface area contributed by atoms with Crippen molar-refractivity contribution < 1.29 is 4.74 Å². The highest BCUT2D eigenvalue weighted by atomic mass is 16.5. The van der Waals surface area contributed by atoms with Gasteiger partial charge < -0.3 is 10.5 Å². The number of nitrogens with zero attached hydrogens (tertiary/aromatic N) is 3. The first kappa shape index (κ1) is 8.98. The maximum atomic E-state index is 9.15. The van der Waals surface area contributed by atoms with E-state index >= 15 is 0 Å². The Bertz CT molecular complexity index is 377. The van der Waals surface area contributed by atoms with Crippen molar-refractivity contribution in [2.75, 3.05) is 0 Å². The van der Waals surface area contributed by atoms with Crippen molar-refractivity contribution in [3.63, 3.8) is 0 Å². The number of ether oxygens (including phenoxy) is 1. The molecule has 1 fully saturated rings. The summed E-state index contributed by atoms with van der Waals surface area (Å²) in [6.45, 7) is 1.86. The molecule has 0 aromatic rings. The van der Waals surface area contributed by atoms with E-state index in [4.69, 9.17) is 21.0 Å². The number of nitrogens with two attached hydrogens (primary N) is 1. The summed E-state index contributed by atoms with van der Waals surface area (Å²) < 4.78 is 5.38. The van der Waals surface area contributed by atoms with Crippen LogP contribution in [-0.2, 0) is 4.74 Å². The van der Waals surface area contributed by atoms with Gasteiger partial charge in [0.2, 0.25) is 5.90 Å². The third kappa shape index (κ3) is 0.878. The fourth-order valence-corrected chi connectivity index (χ4v) is 2.13. The van der Waals surface area contributed by atoms with Crippen molar-refractivity contribution in [3.05, 3.63) is 0 Å². The molecule has 0 aliphatic carbocycles. The van der Waals surface area contributed by atoms with Crippen LogP contribution in [0.5, 0.6) is 0 Å². The third-order valence-electron chi connectivity index (χ3n) is 2.78. The maximum absolute atomic E-state index is 9.15. The van der Waals surface area contributed by atoms with Gasteiger partial charge in [0, 0.05) is 6.42 Å². The molecule has 1 saturated heterocycles. The molecule has 0 amide bonds. The van der Waals surface area contributed by atoms with Crippen LogP contribution in [-0.4, -0.2) is 18.2 Å². The highest BCUT2D eigenvalue weighted by Crippen LogP contribution is 2.46. The zero-order valence-electron chi connectivity index (χ0n) is 7.77. The predicted molar refractivity (Wildman–Crippen MR) is 47.7 cm³/mol. The van der Waals surface area contributed by atoms with Crippen LogP contribution in [0.4, 0.5) is 0 Å². The Hall–Kier alpha value is -1.59. The van der Waals surface area contributed by atoms with E-state index in [0.29, 0.717) is 12.3 Å². The van der Waals surface area contributed by atoms with Crippen molar-refractivity contribution in [1.82, 2.24) is 0 Å². The Morgan fingerprint density at radius 3 is 2.93 bits per heavy atom. The predicted octanol–water partition coefficient (Wildman–Crippen LogP) is 0.142. The highest BCUT2D eigenvalue weighted by molar-refractivity contribution is 5.90. The Balaban J connectivity index is 2.46. The van der Waals surface area contributed by atoms with Gasteiger partial charge in [0.25, 0.3) is 0 Å². The van der Waals surface area contributed by atoms with Crippen molar-refractivity contribution in [3.8, 4) is 12.1 Å². The smallest absolute Gasteiger partial charge is 0.207 e. The van der Waals surface area contributed by atoms with Crippen LogP contribution < -0.4 is 5.73 Å². The molecule has 0 radical (unpaired) electrons. The van der Waals surface area contributed by atoms with E-state index in [1.54, 1.807) is 0 Å². The lowest BCUT2D eigenvalue weighted by Crippen LogP contribution is -2.36. The second-order valence-corrected chi connectivity index (χ2v) is 3.75. The quantitative estimate of drug-likeness (QED) is 0.587. The number of rotatable bonds is 0. The van der Waals surface area contributed by atoms with Crippen molar-refractivity contribution >= 4 is 5.90 Å². The molecule has 4 atom stereocenters. The Morgan fingerprint density at radius 2 is 2.36 bits per heavy atom. The molecule has 2 rings (SSSR count). The minimum Gasteiger partial charge on any atom is -0.477 e. The first-order valence-electron chi connectivity index (χ1n) is 4.45. The SMILES string of the molecule is CC1CC2(C#N)C(=NC(N)C2C#N)O1. The molecule has 5 nitrogen and oxygen atoms in total. The number of hydrogen-bond donors (Lipinski definition) is 1. The van der Waals surface area contributed by atoms with Crippen LogP contribution in [0.25, 0.3) is 0 Å². The molecule has 0 aromatic carbocycles. The molecule has 5 heteroatoms. The summed E-state index contributed by atoms with van der Waals surface area (Å²) in [4.78, 5) is 4.02. The maximum Gasteiger partial charge on any atom is 0.207 e. The standard InChI is InChI=1S/C9H10N4O/c1-5-2-9(4-11)6(3-10)7(12)13-8(9)14-5/h5-7H,2,12H2,1H3. The highest BCUT2D eigenvalue weighted by Gasteiger charge is 2.58. The Labute approximate surface area is 81.8 Å². The molecule has 0 saturated carbocycles. The monoisotopic (exact) mass is 190 g/mol. The molecule has 2 aliphatic rings. The summed E-state index contributed by atoms with van der Waals surface area (Å²) >= 11 is 0. The van der Waals surface area contributed by atoms with Gasteiger partial charge >= 0.3 is 0 Å². The molecule has 2 aliphatic heterocycles. The van der Waals surface area contributed by atoms with Crippen LogP contribution in [0.3, 0.4) is 0 Å². The van der Waals surface area contributed by atoms with Gasteiger partial charge in [-0.05, 0) is 6.92 Å². The van der Waals surface area contributed by atoms with Crippen molar-refractivity contribution in [2.24, 2.45) is 22.1 Å². The lowest BCUT2D eigenvalue weighted by Gasteiger charge is -2.18. The summed E-state index contributed by atoms with van der Waals surface area (Å²) in [7, 11) is 0. The fourth-order valence-electron chi connectivity index (χ4n) is 2.13. The van der Waals surface area contributed by atoms with Gasteiger partial charge in [-0.1, -0.05) is 0 Å². The zero-order valence-corrected chi connectivity index (χ0v) is 7.77. The van der Waals surface area contributed by atoms with E-state index in [0.717, 1.165) is 0 Å². The van der Waals surface area contributed by atoms with Gasteiger partial charge in [-0.3, -0.25) is 0 Å². The Morgan fingerprint density at radius 1 is 1.64 bits per heavy atom. The average molecular weight is 190 g/mol. The second-order valence-electron chi connectivity index (χ2n) is 3.75. The molecule has 0 bridgehead atoms. The summed E-state index contributed by atoms with van der Waals surface area (Å²) in [6, 6.07) is 4.20. The van der Waals surface area contributed by atoms with E-state index in [2.05, 4.69) is 17.1 Å². The molecule has 72 valence electrons. The van der Waals surface area contributed by atoms with Crippen LogP contribution in [0.15, 0.2) is 4.99 Å². The summed E-state index contributed by atoms with van der Waals surface area (Å²) in [5.41, 5.74) is 4.75. The molecule has 2 heterocycles. The first-order chi connectivity index (χ1) is 6.64. The van der Waals surface area contributed by atoms with E-state index in [1.165, 1.54) is 0 Å². The second kappa shape index (κ2) is 2.70. The Kier molecular flexibility index (Phi) is 1.73. The summed E-state index contributed by atoms with van der Waals surface area (Å²) in [5, 5.41) is 18.1. The van der Waals surface area contributed by atoms with Gasteiger partial charge in [0.15, 0.2) is 5.41 Å². The minimum atomic E-state index is -0.895. The van der Waals surface area contributed by atoms with Crippen molar-refractivity contribution in [1.29, 1.82) is 10.5 Å². The fraction of sp³-hybridized carbons (Fsp3) is 0.667. The zero-order chi connectivity index (χ0) is 10.3. The largest absolute Gasteiger partial charge is 0.477 e.